The molecule has 0 aliphatic heterocycles. The van der Waals surface area contributed by atoms with Crippen LogP contribution in [0.4, 0.5) is 10.5 Å². The summed E-state index contributed by atoms with van der Waals surface area (Å²) in [6.45, 7) is 0. The number of aliphatic carboxylic acids is 1. The molecule has 0 bridgehead atoms. The number of hydrogen-bond donors (Lipinski definition) is 3. The molecule has 1 aliphatic carbocycles. The summed E-state index contributed by atoms with van der Waals surface area (Å²) in [5.41, 5.74) is 1.16. The van der Waals surface area contributed by atoms with E-state index < -0.39 is 5.97 Å². The predicted octanol–water partition coefficient (Wildman–Crippen LogP) is 1.44. The zero-order valence-electron chi connectivity index (χ0n) is 14.3. The van der Waals surface area contributed by atoms with Crippen LogP contribution in [0.15, 0.2) is 24.5 Å². The van der Waals surface area contributed by atoms with Crippen LogP contribution in [0.2, 0.25) is 0 Å². The SMILES string of the molecule is COc1ccc(NC(=O)NC2CCC(C(=O)O)CC2)cc1-n1cnnn1. The number of methoxy groups -OCH3 is 1. The first kappa shape index (κ1) is 17.6. The molecule has 1 saturated carbocycles. The molecule has 10 nitrogen and oxygen atoms in total. The average molecular weight is 360 g/mol. The molecule has 0 saturated heterocycles. The third-order valence-corrected chi connectivity index (χ3v) is 4.44. The molecule has 0 atom stereocenters. The standard InChI is InChI=1S/C16H20N6O4/c1-26-14-7-6-12(8-13(14)22-9-17-20-21-22)19-16(25)18-11-4-2-10(3-5-11)15(23)24/h6-11H,2-5H2,1H3,(H,23,24)(H2,18,19,25). The minimum atomic E-state index is -0.763. The number of nitrogens with one attached hydrogen (secondary N) is 2. The zero-order chi connectivity index (χ0) is 18.5. The summed E-state index contributed by atoms with van der Waals surface area (Å²) in [6.07, 6.45) is 3.90. The van der Waals surface area contributed by atoms with E-state index in [1.165, 1.54) is 18.1 Å². The number of tetrazole rings is 1. The first-order chi connectivity index (χ1) is 12.6. The van der Waals surface area contributed by atoms with Crippen LogP contribution in [0.3, 0.4) is 0 Å². The van der Waals surface area contributed by atoms with Gasteiger partial charge in [0, 0.05) is 11.7 Å². The predicted molar refractivity (Wildman–Crippen MR) is 91.2 cm³/mol. The molecule has 0 unspecified atom stereocenters. The summed E-state index contributed by atoms with van der Waals surface area (Å²) < 4.78 is 6.73. The van der Waals surface area contributed by atoms with Crippen molar-refractivity contribution in [3.63, 3.8) is 0 Å². The Bertz CT molecular complexity index is 771. The normalized spacial score (nSPS) is 19.6. The van der Waals surface area contributed by atoms with Crippen molar-refractivity contribution >= 4 is 17.7 Å². The highest BCUT2D eigenvalue weighted by Crippen LogP contribution is 2.26. The molecule has 1 aromatic carbocycles. The Kier molecular flexibility index (Phi) is 5.30. The van der Waals surface area contributed by atoms with Gasteiger partial charge in [-0.2, -0.15) is 4.68 Å². The van der Waals surface area contributed by atoms with Gasteiger partial charge in [0.15, 0.2) is 0 Å². The van der Waals surface area contributed by atoms with E-state index in [1.807, 2.05) is 0 Å². The van der Waals surface area contributed by atoms with Gasteiger partial charge in [-0.3, -0.25) is 4.79 Å². The van der Waals surface area contributed by atoms with Crippen molar-refractivity contribution in [1.29, 1.82) is 0 Å². The molecule has 26 heavy (non-hydrogen) atoms. The first-order valence-electron chi connectivity index (χ1n) is 8.28. The Hall–Kier alpha value is -3.17. The number of nitrogens with zero attached hydrogens (tertiary/aromatic N) is 4. The van der Waals surface area contributed by atoms with Crippen LogP contribution in [-0.2, 0) is 4.79 Å². The molecule has 2 amide bonds. The van der Waals surface area contributed by atoms with Gasteiger partial charge in [0.05, 0.1) is 13.0 Å². The number of carbonyl (C=O) groups excluding carboxylic acids is 1. The molecule has 138 valence electrons. The quantitative estimate of drug-likeness (QED) is 0.735. The van der Waals surface area contributed by atoms with Gasteiger partial charge in [-0.15, -0.1) is 5.10 Å². The summed E-state index contributed by atoms with van der Waals surface area (Å²) in [5, 5.41) is 25.7. The number of carbonyl (C=O) groups is 2. The van der Waals surface area contributed by atoms with E-state index in [0.717, 1.165) is 0 Å². The largest absolute Gasteiger partial charge is 0.494 e. The molecule has 1 aliphatic rings. The Morgan fingerprint density at radius 2 is 2.04 bits per heavy atom. The Morgan fingerprint density at radius 3 is 2.65 bits per heavy atom. The van der Waals surface area contributed by atoms with Gasteiger partial charge in [0.1, 0.15) is 17.8 Å². The molecule has 10 heteroatoms. The molecule has 3 rings (SSSR count). The minimum absolute atomic E-state index is 0.0252. The highest BCUT2D eigenvalue weighted by atomic mass is 16.5. The van der Waals surface area contributed by atoms with E-state index >= 15 is 0 Å². The third-order valence-electron chi connectivity index (χ3n) is 4.44. The minimum Gasteiger partial charge on any atom is -0.494 e. The number of carboxylic acid groups (broad SMARTS) is 1. The van der Waals surface area contributed by atoms with Gasteiger partial charge < -0.3 is 20.5 Å². The van der Waals surface area contributed by atoms with E-state index in [0.29, 0.717) is 42.8 Å². The molecule has 1 fully saturated rings. The number of ether oxygens (including phenoxy) is 1. The number of urea groups is 1. The van der Waals surface area contributed by atoms with Gasteiger partial charge in [-0.05, 0) is 54.3 Å². The lowest BCUT2D eigenvalue weighted by Crippen LogP contribution is -2.41. The number of aromatic nitrogens is 4. The molecule has 0 spiro atoms. The molecule has 1 aromatic heterocycles. The topological polar surface area (TPSA) is 131 Å². The second-order valence-electron chi connectivity index (χ2n) is 6.13. The van der Waals surface area contributed by atoms with Crippen molar-refractivity contribution in [2.24, 2.45) is 5.92 Å². The Balaban J connectivity index is 1.61. The first-order valence-corrected chi connectivity index (χ1v) is 8.28. The van der Waals surface area contributed by atoms with Crippen LogP contribution in [0, 0.1) is 5.92 Å². The van der Waals surface area contributed by atoms with Crippen molar-refractivity contribution in [1.82, 2.24) is 25.5 Å². The van der Waals surface area contributed by atoms with E-state index in [9.17, 15) is 9.59 Å². The number of rotatable bonds is 5. The highest BCUT2D eigenvalue weighted by molar-refractivity contribution is 5.90. The number of anilines is 1. The van der Waals surface area contributed by atoms with Crippen LogP contribution in [0.25, 0.3) is 5.69 Å². The van der Waals surface area contributed by atoms with Gasteiger partial charge >= 0.3 is 12.0 Å². The monoisotopic (exact) mass is 360 g/mol. The molecule has 0 radical (unpaired) electrons. The van der Waals surface area contributed by atoms with Crippen molar-refractivity contribution in [2.45, 2.75) is 31.7 Å². The second-order valence-corrected chi connectivity index (χ2v) is 6.13. The number of carboxylic acids is 1. The molecular weight excluding hydrogens is 340 g/mol. The van der Waals surface area contributed by atoms with Crippen molar-refractivity contribution in [3.8, 4) is 11.4 Å². The fraction of sp³-hybridized carbons (Fsp3) is 0.438. The summed E-state index contributed by atoms with van der Waals surface area (Å²) in [6, 6.07) is 4.77. The lowest BCUT2D eigenvalue weighted by atomic mass is 9.86. The van der Waals surface area contributed by atoms with Gasteiger partial charge in [0.2, 0.25) is 0 Å². The summed E-state index contributed by atoms with van der Waals surface area (Å²) in [4.78, 5) is 23.2. The van der Waals surface area contributed by atoms with Gasteiger partial charge in [0.25, 0.3) is 0 Å². The van der Waals surface area contributed by atoms with E-state index in [4.69, 9.17) is 9.84 Å². The summed E-state index contributed by atoms with van der Waals surface area (Å²) in [5.74, 6) is -0.506. The fourth-order valence-corrected chi connectivity index (χ4v) is 3.06. The molecule has 1 heterocycles. The maximum Gasteiger partial charge on any atom is 0.319 e. The highest BCUT2D eigenvalue weighted by Gasteiger charge is 2.26. The Morgan fingerprint density at radius 1 is 1.27 bits per heavy atom. The van der Waals surface area contributed by atoms with Crippen molar-refractivity contribution < 1.29 is 19.4 Å². The van der Waals surface area contributed by atoms with Crippen LogP contribution in [0.5, 0.6) is 5.75 Å². The zero-order valence-corrected chi connectivity index (χ0v) is 14.3. The van der Waals surface area contributed by atoms with E-state index in [-0.39, 0.29) is 18.0 Å². The number of amides is 2. The third kappa shape index (κ3) is 4.08. The van der Waals surface area contributed by atoms with Gasteiger partial charge in [-0.25, -0.2) is 4.79 Å². The lowest BCUT2D eigenvalue weighted by molar-refractivity contribution is -0.142. The average Bonchev–Trinajstić information content (AvgIpc) is 3.16. The molecule has 3 N–H and O–H groups in total. The Labute approximate surface area is 149 Å². The van der Waals surface area contributed by atoms with Gasteiger partial charge in [-0.1, -0.05) is 0 Å². The fourth-order valence-electron chi connectivity index (χ4n) is 3.06. The summed E-state index contributed by atoms with van der Waals surface area (Å²) in [7, 11) is 1.54. The van der Waals surface area contributed by atoms with Crippen molar-refractivity contribution in [3.05, 3.63) is 24.5 Å². The lowest BCUT2D eigenvalue weighted by Gasteiger charge is -2.26. The van der Waals surface area contributed by atoms with E-state index in [1.54, 1.807) is 18.2 Å². The maximum atomic E-state index is 12.2. The van der Waals surface area contributed by atoms with Crippen LogP contribution in [0.1, 0.15) is 25.7 Å². The molecule has 2 aromatic rings. The second kappa shape index (κ2) is 7.81. The smallest absolute Gasteiger partial charge is 0.319 e. The summed E-state index contributed by atoms with van der Waals surface area (Å²) >= 11 is 0. The van der Waals surface area contributed by atoms with Crippen molar-refractivity contribution in [2.75, 3.05) is 12.4 Å². The van der Waals surface area contributed by atoms with Crippen LogP contribution < -0.4 is 15.4 Å². The van der Waals surface area contributed by atoms with E-state index in [2.05, 4.69) is 26.2 Å². The van der Waals surface area contributed by atoms with Crippen LogP contribution in [-0.4, -0.2) is 50.5 Å². The number of benzene rings is 1. The number of hydrogen-bond acceptors (Lipinski definition) is 6. The molecular formula is C16H20N6O4. The maximum absolute atomic E-state index is 12.2. The van der Waals surface area contributed by atoms with Crippen LogP contribution >= 0.6 is 0 Å².